The van der Waals surface area contributed by atoms with E-state index in [0.29, 0.717) is 34.7 Å². The van der Waals surface area contributed by atoms with Crippen molar-refractivity contribution in [3.05, 3.63) is 89.0 Å². The molecule has 0 heterocycles. The molecule has 214 valence electrons. The topological polar surface area (TPSA) is 76.1 Å². The van der Waals surface area contributed by atoms with E-state index in [1.807, 2.05) is 25.1 Å². The Balaban J connectivity index is 1.94. The third-order valence-corrected chi connectivity index (χ3v) is 7.11. The number of hydrogen-bond acceptors (Lipinski definition) is 6. The number of phenolic OH excluding ortho intramolecular Hbond substituents is 1. The van der Waals surface area contributed by atoms with Crippen molar-refractivity contribution >= 4 is 11.9 Å². The zero-order chi connectivity index (χ0) is 29.6. The van der Waals surface area contributed by atoms with Crippen molar-refractivity contribution in [2.24, 2.45) is 5.41 Å². The summed E-state index contributed by atoms with van der Waals surface area (Å²) in [6.07, 6.45) is 0.781. The predicted molar refractivity (Wildman–Crippen MR) is 159 cm³/mol. The fourth-order valence-corrected chi connectivity index (χ4v) is 4.85. The van der Waals surface area contributed by atoms with Crippen molar-refractivity contribution in [1.82, 2.24) is 4.90 Å². The van der Waals surface area contributed by atoms with Crippen LogP contribution in [0.15, 0.2) is 66.7 Å². The summed E-state index contributed by atoms with van der Waals surface area (Å²) >= 11 is 0. The van der Waals surface area contributed by atoms with Crippen LogP contribution in [0.3, 0.4) is 0 Å². The summed E-state index contributed by atoms with van der Waals surface area (Å²) < 4.78 is 11.4. The molecule has 6 nitrogen and oxygen atoms in total. The van der Waals surface area contributed by atoms with Gasteiger partial charge in [-0.15, -0.1) is 0 Å². The molecule has 0 saturated carbocycles. The minimum Gasteiger partial charge on any atom is -0.508 e. The lowest BCUT2D eigenvalue weighted by Gasteiger charge is -2.33. The van der Waals surface area contributed by atoms with Crippen LogP contribution in [0.2, 0.25) is 0 Å². The first-order valence-electron chi connectivity index (χ1n) is 14.0. The quantitative estimate of drug-likeness (QED) is 0.210. The molecular formula is C34H43NO5. The van der Waals surface area contributed by atoms with Crippen LogP contribution in [0.25, 0.3) is 0 Å². The van der Waals surface area contributed by atoms with Gasteiger partial charge < -0.3 is 14.6 Å². The molecule has 0 unspecified atom stereocenters. The highest BCUT2D eigenvalue weighted by atomic mass is 16.5. The summed E-state index contributed by atoms with van der Waals surface area (Å²) in [5.41, 5.74) is 2.26. The molecule has 0 spiro atoms. The van der Waals surface area contributed by atoms with Crippen molar-refractivity contribution in [3.8, 4) is 17.2 Å². The van der Waals surface area contributed by atoms with Crippen LogP contribution in [0.5, 0.6) is 17.2 Å². The maximum Gasteiger partial charge on any atom is 0.343 e. The lowest BCUT2D eigenvalue weighted by molar-refractivity contribution is -0.143. The summed E-state index contributed by atoms with van der Waals surface area (Å²) in [5.74, 6) is -0.0504. The van der Waals surface area contributed by atoms with Crippen LogP contribution >= 0.6 is 0 Å². The number of nitrogens with zero attached hydrogens (tertiary/aromatic N) is 1. The van der Waals surface area contributed by atoms with E-state index in [9.17, 15) is 14.7 Å². The molecule has 6 heteroatoms. The minimum atomic E-state index is -0.638. The molecule has 1 N–H and O–H groups in total. The summed E-state index contributed by atoms with van der Waals surface area (Å²) in [4.78, 5) is 27.9. The molecule has 0 aliphatic rings. The smallest absolute Gasteiger partial charge is 0.343 e. The number of carbonyl (C=O) groups is 2. The van der Waals surface area contributed by atoms with Crippen LogP contribution in [-0.4, -0.2) is 40.6 Å². The second-order valence-corrected chi connectivity index (χ2v) is 11.9. The average molecular weight is 546 g/mol. The van der Waals surface area contributed by atoms with E-state index >= 15 is 0 Å². The molecule has 3 aromatic carbocycles. The van der Waals surface area contributed by atoms with Gasteiger partial charge in [-0.3, -0.25) is 9.69 Å². The predicted octanol–water partition coefficient (Wildman–Crippen LogP) is 7.51. The van der Waals surface area contributed by atoms with Gasteiger partial charge in [0.2, 0.25) is 0 Å². The van der Waals surface area contributed by atoms with Crippen LogP contribution in [-0.2, 0) is 4.79 Å². The molecule has 0 radical (unpaired) electrons. The lowest BCUT2D eigenvalue weighted by Crippen LogP contribution is -2.38. The van der Waals surface area contributed by atoms with Crippen molar-refractivity contribution < 1.29 is 24.2 Å². The number of aromatic hydroxyl groups is 1. The number of phenols is 1. The molecule has 0 aliphatic carbocycles. The first-order valence-corrected chi connectivity index (χ1v) is 14.0. The number of carbonyl (C=O) groups excluding carboxylic acids is 2. The number of esters is 2. The SMILES string of the molecule is Cc1c(O)ccc(OC(=O)c2ccc(OC(=O)C(C)(C)C)cc2)c1[C@H](CCN(C(C)C)C(C)C)c1ccccc1. The molecule has 3 aromatic rings. The summed E-state index contributed by atoms with van der Waals surface area (Å²) in [6, 6.07) is 20.5. The van der Waals surface area contributed by atoms with Gasteiger partial charge in [-0.2, -0.15) is 0 Å². The van der Waals surface area contributed by atoms with Crippen LogP contribution in [0.4, 0.5) is 0 Å². The Morgan fingerprint density at radius 1 is 0.850 bits per heavy atom. The molecule has 0 amide bonds. The lowest BCUT2D eigenvalue weighted by atomic mass is 9.84. The molecule has 0 aromatic heterocycles. The Kier molecular flexibility index (Phi) is 10.2. The third kappa shape index (κ3) is 7.72. The van der Waals surface area contributed by atoms with Crippen molar-refractivity contribution in [2.75, 3.05) is 6.54 Å². The normalized spacial score (nSPS) is 12.6. The highest BCUT2D eigenvalue weighted by Gasteiger charge is 2.27. The Hall–Kier alpha value is -3.64. The first-order chi connectivity index (χ1) is 18.8. The maximum atomic E-state index is 13.3. The molecular weight excluding hydrogens is 502 g/mol. The largest absolute Gasteiger partial charge is 0.508 e. The summed E-state index contributed by atoms with van der Waals surface area (Å²) in [6.45, 7) is 16.8. The van der Waals surface area contributed by atoms with E-state index in [1.54, 1.807) is 57.2 Å². The fraction of sp³-hybridized carbons (Fsp3) is 0.412. The molecule has 3 rings (SSSR count). The second-order valence-electron chi connectivity index (χ2n) is 11.9. The van der Waals surface area contributed by atoms with Gasteiger partial charge in [-0.25, -0.2) is 4.79 Å². The van der Waals surface area contributed by atoms with Gasteiger partial charge in [0.15, 0.2) is 0 Å². The number of hydrogen-bond donors (Lipinski definition) is 1. The Bertz CT molecular complexity index is 1280. The average Bonchev–Trinajstić information content (AvgIpc) is 2.89. The zero-order valence-electron chi connectivity index (χ0n) is 25.0. The van der Waals surface area contributed by atoms with Crippen molar-refractivity contribution in [3.63, 3.8) is 0 Å². The van der Waals surface area contributed by atoms with E-state index in [2.05, 4.69) is 44.7 Å². The van der Waals surface area contributed by atoms with Gasteiger partial charge in [0.1, 0.15) is 17.2 Å². The molecule has 1 atom stereocenters. The van der Waals surface area contributed by atoms with Crippen molar-refractivity contribution in [2.45, 2.75) is 79.8 Å². The van der Waals surface area contributed by atoms with Gasteiger partial charge in [-0.05, 0) is 116 Å². The minimum absolute atomic E-state index is 0.102. The Morgan fingerprint density at radius 3 is 2.00 bits per heavy atom. The molecule has 0 bridgehead atoms. The van der Waals surface area contributed by atoms with Crippen LogP contribution in [0.1, 0.15) is 87.9 Å². The van der Waals surface area contributed by atoms with E-state index in [-0.39, 0.29) is 17.6 Å². The second kappa shape index (κ2) is 13.1. The number of rotatable bonds is 10. The third-order valence-electron chi connectivity index (χ3n) is 7.11. The zero-order valence-corrected chi connectivity index (χ0v) is 25.0. The van der Waals surface area contributed by atoms with Gasteiger partial charge in [0, 0.05) is 23.6 Å². The summed E-state index contributed by atoms with van der Waals surface area (Å²) in [7, 11) is 0. The summed E-state index contributed by atoms with van der Waals surface area (Å²) in [5, 5.41) is 10.7. The maximum absolute atomic E-state index is 13.3. The van der Waals surface area contributed by atoms with E-state index in [4.69, 9.17) is 9.47 Å². The molecule has 0 saturated heterocycles. The van der Waals surface area contributed by atoms with Gasteiger partial charge in [0.25, 0.3) is 0 Å². The highest BCUT2D eigenvalue weighted by molar-refractivity contribution is 5.91. The monoisotopic (exact) mass is 545 g/mol. The standard InChI is InChI=1S/C34H43NO5/c1-22(2)35(23(3)4)21-20-28(25-12-10-9-11-13-25)31-24(5)29(36)18-19-30(31)40-32(37)26-14-16-27(17-15-26)39-33(38)34(6,7)8/h9-19,22-23,28,36H,20-21H2,1-8H3/t28-/m1/s1. The van der Waals surface area contributed by atoms with E-state index < -0.39 is 11.4 Å². The van der Waals surface area contributed by atoms with Gasteiger partial charge in [0.05, 0.1) is 11.0 Å². The van der Waals surface area contributed by atoms with E-state index in [0.717, 1.165) is 24.1 Å². The molecule has 0 fully saturated rings. The van der Waals surface area contributed by atoms with Gasteiger partial charge >= 0.3 is 11.9 Å². The van der Waals surface area contributed by atoms with E-state index in [1.165, 1.54) is 0 Å². The van der Waals surface area contributed by atoms with Crippen LogP contribution < -0.4 is 9.47 Å². The Labute approximate surface area is 238 Å². The number of benzene rings is 3. The Morgan fingerprint density at radius 2 is 1.45 bits per heavy atom. The molecule has 40 heavy (non-hydrogen) atoms. The van der Waals surface area contributed by atoms with Crippen molar-refractivity contribution in [1.29, 1.82) is 0 Å². The first kappa shape index (κ1) is 30.9. The van der Waals surface area contributed by atoms with Gasteiger partial charge in [-0.1, -0.05) is 30.3 Å². The number of ether oxygens (including phenoxy) is 2. The fourth-order valence-electron chi connectivity index (χ4n) is 4.85. The molecule has 0 aliphatic heterocycles. The highest BCUT2D eigenvalue weighted by Crippen LogP contribution is 2.40. The van der Waals surface area contributed by atoms with Crippen LogP contribution in [0, 0.1) is 12.3 Å².